The van der Waals surface area contributed by atoms with Gasteiger partial charge in [-0.1, -0.05) is 36.4 Å². The van der Waals surface area contributed by atoms with Crippen molar-refractivity contribution < 1.29 is 9.18 Å². The van der Waals surface area contributed by atoms with Crippen molar-refractivity contribution in [3.05, 3.63) is 95.1 Å². The van der Waals surface area contributed by atoms with Gasteiger partial charge in [0, 0.05) is 17.8 Å². The summed E-state index contributed by atoms with van der Waals surface area (Å²) in [4.78, 5) is 26.4. The summed E-state index contributed by atoms with van der Waals surface area (Å²) in [7, 11) is 0. The number of nitrogens with zero attached hydrogens (tertiary/aromatic N) is 5. The standard InChI is InChI=1S/C28H24FN9O/c1-15(18-3-5-20(6-4-18)23-14-33-27-24(36-23)25(31)37-38-27)34-26-22(11-17(12-30)13-32-26)28(39)35-16(2)19-7-9-21(29)10-8-19/h3-11,13-16H,1-2H3,(H,32,34)(H,35,39)(H3,31,33,37,38)/t15-,16+/m1/s1. The maximum absolute atomic E-state index is 13.3. The molecule has 2 aromatic carbocycles. The van der Waals surface area contributed by atoms with Crippen LogP contribution in [0.15, 0.2) is 67.0 Å². The van der Waals surface area contributed by atoms with Gasteiger partial charge < -0.3 is 16.4 Å². The van der Waals surface area contributed by atoms with Gasteiger partial charge in [0.15, 0.2) is 17.0 Å². The molecule has 0 aliphatic heterocycles. The van der Waals surface area contributed by atoms with E-state index in [0.717, 1.165) is 16.7 Å². The van der Waals surface area contributed by atoms with Crippen molar-refractivity contribution in [3.63, 3.8) is 0 Å². The van der Waals surface area contributed by atoms with Crippen molar-refractivity contribution in [1.29, 1.82) is 5.26 Å². The van der Waals surface area contributed by atoms with Crippen LogP contribution in [0.4, 0.5) is 16.0 Å². The number of nitriles is 1. The van der Waals surface area contributed by atoms with Crippen molar-refractivity contribution in [3.8, 4) is 17.3 Å². The second-order valence-electron chi connectivity index (χ2n) is 9.03. The molecule has 3 heterocycles. The number of carbonyl (C=O) groups excluding carboxylic acids is 1. The van der Waals surface area contributed by atoms with E-state index in [1.54, 1.807) is 25.3 Å². The number of aromatic amines is 1. The fourth-order valence-corrected chi connectivity index (χ4v) is 4.11. The van der Waals surface area contributed by atoms with Gasteiger partial charge in [0.05, 0.1) is 29.1 Å². The summed E-state index contributed by atoms with van der Waals surface area (Å²) in [5.74, 6) is -0.140. The summed E-state index contributed by atoms with van der Waals surface area (Å²) in [6.07, 6.45) is 3.06. The van der Waals surface area contributed by atoms with Crippen LogP contribution in [0.3, 0.4) is 0 Å². The Labute approximate surface area is 223 Å². The Morgan fingerprint density at radius 3 is 2.44 bits per heavy atom. The van der Waals surface area contributed by atoms with Crippen molar-refractivity contribution in [1.82, 2.24) is 30.5 Å². The minimum atomic E-state index is -0.408. The molecular weight excluding hydrogens is 497 g/mol. The molecule has 0 bridgehead atoms. The Bertz CT molecular complexity index is 1690. The van der Waals surface area contributed by atoms with Gasteiger partial charge in [-0.3, -0.25) is 9.89 Å². The Morgan fingerprint density at radius 1 is 1.03 bits per heavy atom. The van der Waals surface area contributed by atoms with Gasteiger partial charge in [0.25, 0.3) is 5.91 Å². The number of fused-ring (bicyclic) bond motifs is 1. The van der Waals surface area contributed by atoms with Crippen molar-refractivity contribution in [2.75, 3.05) is 11.1 Å². The Balaban J connectivity index is 1.34. The molecule has 5 rings (SSSR count). The number of aromatic nitrogens is 5. The second kappa shape index (κ2) is 10.5. The maximum Gasteiger partial charge on any atom is 0.255 e. The first kappa shape index (κ1) is 25.3. The zero-order chi connectivity index (χ0) is 27.5. The number of hydrogen-bond donors (Lipinski definition) is 4. The van der Waals surface area contributed by atoms with Gasteiger partial charge in [0.1, 0.15) is 17.7 Å². The quantitative estimate of drug-likeness (QED) is 0.240. The minimum absolute atomic E-state index is 0.223. The van der Waals surface area contributed by atoms with E-state index in [1.807, 2.05) is 37.3 Å². The normalized spacial score (nSPS) is 12.5. The number of pyridine rings is 1. The topological polar surface area (TPSA) is 158 Å². The summed E-state index contributed by atoms with van der Waals surface area (Å²) in [6, 6.07) is 16.5. The van der Waals surface area contributed by atoms with Crippen LogP contribution >= 0.6 is 0 Å². The fraction of sp³-hybridized carbons (Fsp3) is 0.143. The number of nitrogens with two attached hydrogens (primary N) is 1. The van der Waals surface area contributed by atoms with Gasteiger partial charge in [-0.05, 0) is 43.2 Å². The van der Waals surface area contributed by atoms with E-state index < -0.39 is 5.91 Å². The highest BCUT2D eigenvalue weighted by Gasteiger charge is 2.19. The van der Waals surface area contributed by atoms with E-state index in [1.165, 1.54) is 24.4 Å². The summed E-state index contributed by atoms with van der Waals surface area (Å²) < 4.78 is 13.3. The van der Waals surface area contributed by atoms with Gasteiger partial charge in [0.2, 0.25) is 0 Å². The number of hydrogen-bond acceptors (Lipinski definition) is 8. The van der Waals surface area contributed by atoms with E-state index in [-0.39, 0.29) is 34.8 Å². The van der Waals surface area contributed by atoms with E-state index >= 15 is 0 Å². The highest BCUT2D eigenvalue weighted by atomic mass is 19.1. The van der Waals surface area contributed by atoms with Crippen LogP contribution in [-0.2, 0) is 0 Å². The van der Waals surface area contributed by atoms with Gasteiger partial charge in [-0.25, -0.2) is 19.3 Å². The van der Waals surface area contributed by atoms with Crippen LogP contribution in [-0.4, -0.2) is 31.1 Å². The largest absolute Gasteiger partial charge is 0.380 e. The molecule has 5 aromatic rings. The molecule has 194 valence electrons. The predicted octanol–water partition coefficient (Wildman–Crippen LogP) is 4.67. The molecule has 0 fully saturated rings. The number of rotatable bonds is 7. The number of carbonyl (C=O) groups is 1. The van der Waals surface area contributed by atoms with E-state index in [9.17, 15) is 14.4 Å². The highest BCUT2D eigenvalue weighted by Crippen LogP contribution is 2.26. The molecule has 0 radical (unpaired) electrons. The molecule has 0 unspecified atom stereocenters. The molecule has 0 saturated heterocycles. The number of nitrogens with one attached hydrogen (secondary N) is 3. The zero-order valence-electron chi connectivity index (χ0n) is 21.1. The predicted molar refractivity (Wildman–Crippen MR) is 145 cm³/mol. The van der Waals surface area contributed by atoms with E-state index in [2.05, 4.69) is 35.8 Å². The lowest BCUT2D eigenvalue weighted by atomic mass is 10.0. The van der Waals surface area contributed by atoms with E-state index in [4.69, 9.17) is 5.73 Å². The van der Waals surface area contributed by atoms with Gasteiger partial charge >= 0.3 is 0 Å². The average Bonchev–Trinajstić information content (AvgIpc) is 3.33. The first-order chi connectivity index (χ1) is 18.8. The third-order valence-corrected chi connectivity index (χ3v) is 6.34. The van der Waals surface area contributed by atoms with Crippen molar-refractivity contribution in [2.45, 2.75) is 25.9 Å². The molecule has 3 aromatic heterocycles. The number of H-pyrrole nitrogens is 1. The molecule has 11 heteroatoms. The monoisotopic (exact) mass is 521 g/mol. The van der Waals surface area contributed by atoms with E-state index in [0.29, 0.717) is 22.7 Å². The molecule has 5 N–H and O–H groups in total. The number of nitrogen functional groups attached to an aromatic ring is 1. The Morgan fingerprint density at radius 2 is 1.72 bits per heavy atom. The third kappa shape index (κ3) is 5.35. The molecule has 2 atom stereocenters. The summed E-state index contributed by atoms with van der Waals surface area (Å²) >= 11 is 0. The lowest BCUT2D eigenvalue weighted by molar-refractivity contribution is 0.0940. The molecular formula is C28H24FN9O. The van der Waals surface area contributed by atoms with Crippen molar-refractivity contribution in [2.24, 2.45) is 0 Å². The van der Waals surface area contributed by atoms with Gasteiger partial charge in [-0.2, -0.15) is 10.4 Å². The molecule has 39 heavy (non-hydrogen) atoms. The second-order valence-corrected chi connectivity index (χ2v) is 9.03. The molecule has 0 spiro atoms. The lowest BCUT2D eigenvalue weighted by Crippen LogP contribution is -2.28. The van der Waals surface area contributed by atoms with Crippen LogP contribution in [0.5, 0.6) is 0 Å². The molecule has 10 nitrogen and oxygen atoms in total. The van der Waals surface area contributed by atoms with Crippen LogP contribution < -0.4 is 16.4 Å². The third-order valence-electron chi connectivity index (χ3n) is 6.34. The molecule has 0 aliphatic rings. The first-order valence-electron chi connectivity index (χ1n) is 12.1. The van der Waals surface area contributed by atoms with Crippen LogP contribution in [0, 0.1) is 17.1 Å². The van der Waals surface area contributed by atoms with Crippen LogP contribution in [0.25, 0.3) is 22.4 Å². The summed E-state index contributed by atoms with van der Waals surface area (Å²) in [6.45, 7) is 3.74. The summed E-state index contributed by atoms with van der Waals surface area (Å²) in [5.41, 5.74) is 10.6. The average molecular weight is 522 g/mol. The SMILES string of the molecule is C[C@H](NC(=O)c1cc(C#N)cnc1N[C@H](C)c1ccc(-c2cnc3[nH]nc(N)c3n2)cc1)c1ccc(F)cc1. The maximum atomic E-state index is 13.3. The fourth-order valence-electron chi connectivity index (χ4n) is 4.11. The molecule has 1 amide bonds. The lowest BCUT2D eigenvalue weighted by Gasteiger charge is -2.19. The zero-order valence-corrected chi connectivity index (χ0v) is 21.1. The number of halogens is 1. The number of amides is 1. The number of benzene rings is 2. The van der Waals surface area contributed by atoms with Crippen molar-refractivity contribution >= 4 is 28.7 Å². The number of anilines is 2. The smallest absolute Gasteiger partial charge is 0.255 e. The first-order valence-corrected chi connectivity index (χ1v) is 12.1. The van der Waals surface area contributed by atoms with Crippen LogP contribution in [0.2, 0.25) is 0 Å². The highest BCUT2D eigenvalue weighted by molar-refractivity contribution is 5.99. The van der Waals surface area contributed by atoms with Crippen LogP contribution in [0.1, 0.15) is 53.0 Å². The Hall–Kier alpha value is -5.37. The molecule has 0 aliphatic carbocycles. The molecule has 0 saturated carbocycles. The van der Waals surface area contributed by atoms with Gasteiger partial charge in [-0.15, -0.1) is 0 Å². The minimum Gasteiger partial charge on any atom is -0.380 e. The summed E-state index contributed by atoms with van der Waals surface area (Å²) in [5, 5.41) is 22.2. The Kier molecular flexibility index (Phi) is 6.84.